The molecule has 1 saturated carbocycles. The highest BCUT2D eigenvalue weighted by atomic mass is 16.5. The molecule has 3 rings (SSSR count). The predicted molar refractivity (Wildman–Crippen MR) is 83.9 cm³/mol. The van der Waals surface area contributed by atoms with E-state index in [-0.39, 0.29) is 0 Å². The third-order valence-corrected chi connectivity index (χ3v) is 4.81. The fourth-order valence-corrected chi connectivity index (χ4v) is 3.60. The lowest BCUT2D eigenvalue weighted by Crippen LogP contribution is -2.45. The molecule has 0 spiro atoms. The second kappa shape index (κ2) is 6.34. The smallest absolute Gasteiger partial charge is 0.119 e. The SMILES string of the molecule is CNC1c2cc(OC)ccc2CC1N(CCOC)C1CC1. The number of hydrogen-bond donors (Lipinski definition) is 1. The summed E-state index contributed by atoms with van der Waals surface area (Å²) in [6.07, 6.45) is 3.78. The first-order valence-corrected chi connectivity index (χ1v) is 7.87. The van der Waals surface area contributed by atoms with Gasteiger partial charge in [-0.25, -0.2) is 0 Å². The highest BCUT2D eigenvalue weighted by molar-refractivity contribution is 5.43. The monoisotopic (exact) mass is 290 g/mol. The summed E-state index contributed by atoms with van der Waals surface area (Å²) in [5, 5.41) is 3.52. The van der Waals surface area contributed by atoms with Gasteiger partial charge in [-0.15, -0.1) is 0 Å². The van der Waals surface area contributed by atoms with Crippen molar-refractivity contribution in [2.24, 2.45) is 0 Å². The molecule has 4 nitrogen and oxygen atoms in total. The molecule has 0 saturated heterocycles. The lowest BCUT2D eigenvalue weighted by molar-refractivity contribution is 0.102. The lowest BCUT2D eigenvalue weighted by atomic mass is 10.1. The first-order valence-electron chi connectivity index (χ1n) is 7.87. The number of ether oxygens (including phenoxy) is 2. The van der Waals surface area contributed by atoms with Crippen molar-refractivity contribution in [1.82, 2.24) is 10.2 Å². The Labute approximate surface area is 127 Å². The van der Waals surface area contributed by atoms with Crippen LogP contribution in [0.2, 0.25) is 0 Å². The van der Waals surface area contributed by atoms with Crippen molar-refractivity contribution in [1.29, 1.82) is 0 Å². The molecule has 1 N–H and O–H groups in total. The fourth-order valence-electron chi connectivity index (χ4n) is 3.60. The molecule has 1 aromatic carbocycles. The van der Waals surface area contributed by atoms with Crippen molar-refractivity contribution in [3.05, 3.63) is 29.3 Å². The summed E-state index contributed by atoms with van der Waals surface area (Å²) in [5.74, 6) is 0.949. The Balaban J connectivity index is 1.83. The Morgan fingerprint density at radius 3 is 2.71 bits per heavy atom. The molecule has 2 atom stereocenters. The maximum absolute atomic E-state index is 5.39. The summed E-state index contributed by atoms with van der Waals surface area (Å²) in [6.45, 7) is 1.83. The summed E-state index contributed by atoms with van der Waals surface area (Å²) < 4.78 is 10.7. The first kappa shape index (κ1) is 14.8. The molecule has 1 aromatic rings. The summed E-state index contributed by atoms with van der Waals surface area (Å²) in [4.78, 5) is 2.65. The number of likely N-dealkylation sites (N-methyl/N-ethyl adjacent to an activating group) is 1. The summed E-state index contributed by atoms with van der Waals surface area (Å²) in [7, 11) is 5.58. The van der Waals surface area contributed by atoms with E-state index >= 15 is 0 Å². The number of nitrogens with one attached hydrogen (secondary N) is 1. The summed E-state index contributed by atoms with van der Waals surface area (Å²) in [5.41, 5.74) is 2.84. The normalized spacial score (nSPS) is 24.4. The van der Waals surface area contributed by atoms with Crippen molar-refractivity contribution >= 4 is 0 Å². The average Bonchev–Trinajstić information content (AvgIpc) is 3.28. The molecule has 1 fully saturated rings. The Morgan fingerprint density at radius 1 is 1.29 bits per heavy atom. The van der Waals surface area contributed by atoms with Crippen molar-refractivity contribution in [3.63, 3.8) is 0 Å². The number of fused-ring (bicyclic) bond motifs is 1. The van der Waals surface area contributed by atoms with E-state index in [1.165, 1.54) is 24.0 Å². The minimum atomic E-state index is 0.382. The number of rotatable bonds is 7. The fraction of sp³-hybridized carbons (Fsp3) is 0.647. The van der Waals surface area contributed by atoms with Crippen LogP contribution in [-0.4, -0.2) is 51.4 Å². The standard InChI is InChI=1S/C17H26N2O2/c1-18-17-15-11-14(21-3)7-4-12(15)10-16(17)19(8-9-20-2)13-5-6-13/h4,7,11,13,16-18H,5-6,8-10H2,1-3H3. The van der Waals surface area contributed by atoms with E-state index in [0.717, 1.165) is 31.4 Å². The number of methoxy groups -OCH3 is 2. The van der Waals surface area contributed by atoms with E-state index in [2.05, 4.69) is 35.5 Å². The highest BCUT2D eigenvalue weighted by Crippen LogP contribution is 2.40. The number of benzene rings is 1. The van der Waals surface area contributed by atoms with Crippen LogP contribution in [0.5, 0.6) is 5.75 Å². The minimum Gasteiger partial charge on any atom is -0.497 e. The van der Waals surface area contributed by atoms with Crippen LogP contribution in [0.25, 0.3) is 0 Å². The molecular weight excluding hydrogens is 264 g/mol. The molecule has 0 amide bonds. The maximum Gasteiger partial charge on any atom is 0.119 e. The van der Waals surface area contributed by atoms with Gasteiger partial charge >= 0.3 is 0 Å². The largest absolute Gasteiger partial charge is 0.497 e. The van der Waals surface area contributed by atoms with Gasteiger partial charge in [0.05, 0.1) is 13.7 Å². The van der Waals surface area contributed by atoms with Crippen molar-refractivity contribution in [3.8, 4) is 5.75 Å². The molecule has 116 valence electrons. The van der Waals surface area contributed by atoms with Gasteiger partial charge in [-0.2, -0.15) is 0 Å². The van der Waals surface area contributed by atoms with Gasteiger partial charge in [-0.1, -0.05) is 6.07 Å². The van der Waals surface area contributed by atoms with E-state index < -0.39 is 0 Å². The molecule has 2 aliphatic carbocycles. The highest BCUT2D eigenvalue weighted by Gasteiger charge is 2.41. The summed E-state index contributed by atoms with van der Waals surface area (Å²) in [6, 6.07) is 8.15. The van der Waals surface area contributed by atoms with Gasteiger partial charge in [0.1, 0.15) is 5.75 Å². The second-order valence-corrected chi connectivity index (χ2v) is 6.06. The van der Waals surface area contributed by atoms with Crippen molar-refractivity contribution in [2.75, 3.05) is 34.4 Å². The van der Waals surface area contributed by atoms with E-state index in [1.807, 2.05) is 0 Å². The molecule has 4 heteroatoms. The molecule has 2 unspecified atom stereocenters. The van der Waals surface area contributed by atoms with Crippen LogP contribution in [0, 0.1) is 0 Å². The predicted octanol–water partition coefficient (Wildman–Crippen LogP) is 1.99. The van der Waals surface area contributed by atoms with Gasteiger partial charge in [-0.3, -0.25) is 4.90 Å². The van der Waals surface area contributed by atoms with Crippen LogP contribution in [0.3, 0.4) is 0 Å². The Kier molecular flexibility index (Phi) is 4.48. The Morgan fingerprint density at radius 2 is 2.10 bits per heavy atom. The van der Waals surface area contributed by atoms with E-state index in [9.17, 15) is 0 Å². The van der Waals surface area contributed by atoms with Crippen LogP contribution in [0.15, 0.2) is 18.2 Å². The molecule has 2 aliphatic rings. The Bertz CT molecular complexity index is 488. The zero-order valence-electron chi connectivity index (χ0n) is 13.3. The topological polar surface area (TPSA) is 33.7 Å². The van der Waals surface area contributed by atoms with E-state index in [4.69, 9.17) is 9.47 Å². The second-order valence-electron chi connectivity index (χ2n) is 6.06. The van der Waals surface area contributed by atoms with Gasteiger partial charge in [0, 0.05) is 31.8 Å². The Hall–Kier alpha value is -1.10. The molecule has 0 aliphatic heterocycles. The van der Waals surface area contributed by atoms with Crippen LogP contribution >= 0.6 is 0 Å². The molecule has 0 aromatic heterocycles. The van der Waals surface area contributed by atoms with E-state index in [0.29, 0.717) is 12.1 Å². The third-order valence-electron chi connectivity index (χ3n) is 4.81. The molecule has 0 heterocycles. The van der Waals surface area contributed by atoms with Gasteiger partial charge in [-0.05, 0) is 49.6 Å². The molecule has 21 heavy (non-hydrogen) atoms. The molecule has 0 bridgehead atoms. The van der Waals surface area contributed by atoms with Crippen LogP contribution < -0.4 is 10.1 Å². The number of hydrogen-bond acceptors (Lipinski definition) is 4. The van der Waals surface area contributed by atoms with E-state index in [1.54, 1.807) is 14.2 Å². The van der Waals surface area contributed by atoms with Gasteiger partial charge in [0.15, 0.2) is 0 Å². The third kappa shape index (κ3) is 2.93. The minimum absolute atomic E-state index is 0.382. The quantitative estimate of drug-likeness (QED) is 0.833. The van der Waals surface area contributed by atoms with Gasteiger partial charge in [0.25, 0.3) is 0 Å². The number of nitrogens with zero attached hydrogens (tertiary/aromatic N) is 1. The molecule has 0 radical (unpaired) electrons. The van der Waals surface area contributed by atoms with Gasteiger partial charge < -0.3 is 14.8 Å². The first-order chi connectivity index (χ1) is 10.3. The lowest BCUT2D eigenvalue weighted by Gasteiger charge is -2.33. The zero-order chi connectivity index (χ0) is 14.8. The van der Waals surface area contributed by atoms with Crippen molar-refractivity contribution in [2.45, 2.75) is 37.4 Å². The maximum atomic E-state index is 5.39. The van der Waals surface area contributed by atoms with Crippen molar-refractivity contribution < 1.29 is 9.47 Å². The summed E-state index contributed by atoms with van der Waals surface area (Å²) >= 11 is 0. The van der Waals surface area contributed by atoms with Gasteiger partial charge in [0.2, 0.25) is 0 Å². The van der Waals surface area contributed by atoms with Crippen LogP contribution in [0.1, 0.15) is 30.0 Å². The average molecular weight is 290 g/mol. The zero-order valence-corrected chi connectivity index (χ0v) is 13.3. The molecular formula is C17H26N2O2. The van der Waals surface area contributed by atoms with Crippen LogP contribution in [-0.2, 0) is 11.2 Å². The van der Waals surface area contributed by atoms with Crippen LogP contribution in [0.4, 0.5) is 0 Å².